The lowest BCUT2D eigenvalue weighted by Gasteiger charge is -2.31. The molecule has 0 atom stereocenters. The van der Waals surface area contributed by atoms with E-state index in [0.29, 0.717) is 5.92 Å². The molecular weight excluding hydrogens is 699 g/mol. The Morgan fingerprint density at radius 3 is 1.98 bits per heavy atom. The highest BCUT2D eigenvalue weighted by Crippen LogP contribution is 2.55. The molecule has 280 valence electrons. The molecule has 9 aromatic carbocycles. The van der Waals surface area contributed by atoms with Gasteiger partial charge in [-0.15, -0.1) is 0 Å². The van der Waals surface area contributed by atoms with E-state index in [-0.39, 0.29) is 5.41 Å². The predicted molar refractivity (Wildman–Crippen MR) is 248 cm³/mol. The van der Waals surface area contributed by atoms with Crippen molar-refractivity contribution in [3.05, 3.63) is 199 Å². The molecule has 1 saturated carbocycles. The predicted octanol–water partition coefficient (Wildman–Crippen LogP) is 16.3. The molecule has 1 heteroatoms. The van der Waals surface area contributed by atoms with Crippen LogP contribution in [0.1, 0.15) is 68.6 Å². The first-order chi connectivity index (χ1) is 28.6. The molecule has 0 aromatic heterocycles. The number of benzene rings is 9. The van der Waals surface area contributed by atoms with Crippen molar-refractivity contribution in [3.63, 3.8) is 0 Å². The molecule has 58 heavy (non-hydrogen) atoms. The zero-order valence-corrected chi connectivity index (χ0v) is 33.4. The second-order valence-electron chi connectivity index (χ2n) is 17.0. The molecule has 0 radical (unpaired) electrons. The minimum Gasteiger partial charge on any atom is -0.309 e. The molecule has 0 N–H and O–H groups in total. The molecule has 0 heterocycles. The molecule has 0 amide bonds. The number of rotatable bonds is 6. The van der Waals surface area contributed by atoms with E-state index in [2.05, 4.69) is 201 Å². The van der Waals surface area contributed by atoms with Crippen LogP contribution in [0.25, 0.3) is 65.7 Å². The third kappa shape index (κ3) is 5.52. The molecule has 1 fully saturated rings. The Morgan fingerprint density at radius 1 is 0.448 bits per heavy atom. The van der Waals surface area contributed by atoms with Crippen LogP contribution < -0.4 is 4.90 Å². The lowest BCUT2D eigenvalue weighted by atomic mass is 9.80. The molecule has 0 unspecified atom stereocenters. The molecule has 11 rings (SSSR count). The van der Waals surface area contributed by atoms with Gasteiger partial charge >= 0.3 is 0 Å². The summed E-state index contributed by atoms with van der Waals surface area (Å²) in [5.74, 6) is 0.590. The zero-order valence-electron chi connectivity index (χ0n) is 33.4. The number of anilines is 3. The van der Waals surface area contributed by atoms with Crippen LogP contribution in [-0.2, 0) is 5.41 Å². The van der Waals surface area contributed by atoms with Crippen LogP contribution in [0.3, 0.4) is 0 Å². The van der Waals surface area contributed by atoms with Crippen LogP contribution >= 0.6 is 0 Å². The van der Waals surface area contributed by atoms with Crippen LogP contribution in [0, 0.1) is 0 Å². The Morgan fingerprint density at radius 2 is 1.09 bits per heavy atom. The number of fused-ring (bicyclic) bond motifs is 7. The smallest absolute Gasteiger partial charge is 0.0543 e. The standard InChI is InChI=1S/C57H47N/c1-57(2)51-31-10-8-26-50(51)56-52(57)32-16-34-54(56)58(42-23-12-22-41(37-42)44-27-15-29-46-43-24-7-6-19-39(43)35-36-47(44)46)53-33-11-9-25-48(53)49-30-14-21-40-20-13-28-45(55(40)49)38-17-4-3-5-18-38/h6-16,19-38H,3-5,17-18H2,1-2H3. The van der Waals surface area contributed by atoms with Gasteiger partial charge in [-0.2, -0.15) is 0 Å². The number of hydrogen-bond acceptors (Lipinski definition) is 1. The Balaban J connectivity index is 1.17. The first kappa shape index (κ1) is 34.8. The summed E-state index contributed by atoms with van der Waals surface area (Å²) in [5, 5.41) is 7.84. The summed E-state index contributed by atoms with van der Waals surface area (Å²) >= 11 is 0. The van der Waals surface area contributed by atoms with Crippen molar-refractivity contribution >= 4 is 49.4 Å². The lowest BCUT2D eigenvalue weighted by molar-refractivity contribution is 0.445. The van der Waals surface area contributed by atoms with E-state index in [4.69, 9.17) is 0 Å². The van der Waals surface area contributed by atoms with E-state index >= 15 is 0 Å². The maximum Gasteiger partial charge on any atom is 0.0543 e. The van der Waals surface area contributed by atoms with Crippen molar-refractivity contribution in [1.82, 2.24) is 0 Å². The summed E-state index contributed by atoms with van der Waals surface area (Å²) in [6.45, 7) is 4.76. The SMILES string of the molecule is CC1(C)c2ccccc2-c2c(N(c3cccc(-c4cccc5c4ccc4ccccc45)c3)c3ccccc3-c3cccc4cccc(C5CCCCC5)c34)cccc21. The van der Waals surface area contributed by atoms with E-state index in [1.807, 2.05) is 0 Å². The van der Waals surface area contributed by atoms with Crippen LogP contribution in [0.4, 0.5) is 17.1 Å². The van der Waals surface area contributed by atoms with Crippen molar-refractivity contribution < 1.29 is 0 Å². The van der Waals surface area contributed by atoms with Crippen LogP contribution in [0.2, 0.25) is 0 Å². The van der Waals surface area contributed by atoms with Crippen molar-refractivity contribution in [2.24, 2.45) is 0 Å². The Bertz CT molecular complexity index is 3030. The van der Waals surface area contributed by atoms with Crippen LogP contribution in [0.5, 0.6) is 0 Å². The van der Waals surface area contributed by atoms with Gasteiger partial charge in [0.2, 0.25) is 0 Å². The van der Waals surface area contributed by atoms with E-state index in [1.54, 1.807) is 0 Å². The third-order valence-electron chi connectivity index (χ3n) is 13.4. The maximum absolute atomic E-state index is 2.57. The third-order valence-corrected chi connectivity index (χ3v) is 13.4. The highest BCUT2D eigenvalue weighted by molar-refractivity contribution is 6.12. The Labute approximate surface area is 342 Å². The molecular formula is C57H47N. The van der Waals surface area contributed by atoms with Gasteiger partial charge in [0.1, 0.15) is 0 Å². The lowest BCUT2D eigenvalue weighted by Crippen LogP contribution is -2.16. The minimum absolute atomic E-state index is 0.120. The van der Waals surface area contributed by atoms with Crippen molar-refractivity contribution in [3.8, 4) is 33.4 Å². The highest BCUT2D eigenvalue weighted by Gasteiger charge is 2.38. The molecule has 0 bridgehead atoms. The molecule has 0 aliphatic heterocycles. The second-order valence-corrected chi connectivity index (χ2v) is 17.0. The average molecular weight is 746 g/mol. The maximum atomic E-state index is 2.57. The first-order valence-corrected chi connectivity index (χ1v) is 21.2. The quantitative estimate of drug-likeness (QED) is 0.153. The Kier molecular flexibility index (Phi) is 8.33. The molecule has 2 aliphatic rings. The van der Waals surface area contributed by atoms with Gasteiger partial charge in [-0.3, -0.25) is 0 Å². The summed E-state index contributed by atoms with van der Waals surface area (Å²) < 4.78 is 0. The van der Waals surface area contributed by atoms with Gasteiger partial charge in [0.05, 0.1) is 11.4 Å². The van der Waals surface area contributed by atoms with Gasteiger partial charge in [0.15, 0.2) is 0 Å². The topological polar surface area (TPSA) is 3.24 Å². The fourth-order valence-electron chi connectivity index (χ4n) is 10.7. The molecule has 9 aromatic rings. The molecule has 2 aliphatic carbocycles. The summed E-state index contributed by atoms with van der Waals surface area (Å²) in [5.41, 5.74) is 15.3. The Hall–Kier alpha value is -6.44. The highest BCUT2D eigenvalue weighted by atomic mass is 15.1. The minimum atomic E-state index is -0.120. The molecule has 1 nitrogen and oxygen atoms in total. The van der Waals surface area contributed by atoms with Gasteiger partial charge in [-0.05, 0) is 114 Å². The van der Waals surface area contributed by atoms with Gasteiger partial charge in [0.25, 0.3) is 0 Å². The van der Waals surface area contributed by atoms with E-state index in [0.717, 1.165) is 5.69 Å². The number of nitrogens with zero attached hydrogens (tertiary/aromatic N) is 1. The normalized spacial score (nSPS) is 14.8. The van der Waals surface area contributed by atoms with Gasteiger partial charge in [-0.1, -0.05) is 191 Å². The fraction of sp³-hybridized carbons (Fsp3) is 0.158. The average Bonchev–Trinajstić information content (AvgIpc) is 3.52. The summed E-state index contributed by atoms with van der Waals surface area (Å²) in [7, 11) is 0. The summed E-state index contributed by atoms with van der Waals surface area (Å²) in [6, 6.07) is 68.5. The second kappa shape index (κ2) is 13.9. The number of hydrogen-bond donors (Lipinski definition) is 0. The van der Waals surface area contributed by atoms with E-state index in [1.165, 1.54) is 126 Å². The molecule has 0 saturated heterocycles. The van der Waals surface area contributed by atoms with Crippen LogP contribution in [0.15, 0.2) is 182 Å². The van der Waals surface area contributed by atoms with Gasteiger partial charge in [-0.25, -0.2) is 0 Å². The largest absolute Gasteiger partial charge is 0.309 e. The van der Waals surface area contributed by atoms with Crippen LogP contribution in [-0.4, -0.2) is 0 Å². The molecule has 0 spiro atoms. The van der Waals surface area contributed by atoms with Gasteiger partial charge < -0.3 is 4.90 Å². The summed E-state index contributed by atoms with van der Waals surface area (Å²) in [6.07, 6.45) is 6.51. The van der Waals surface area contributed by atoms with E-state index in [9.17, 15) is 0 Å². The van der Waals surface area contributed by atoms with Gasteiger partial charge in [0, 0.05) is 22.2 Å². The monoisotopic (exact) mass is 745 g/mol. The zero-order chi connectivity index (χ0) is 38.8. The fourth-order valence-corrected chi connectivity index (χ4v) is 10.7. The summed E-state index contributed by atoms with van der Waals surface area (Å²) in [4.78, 5) is 2.57. The van der Waals surface area contributed by atoms with Crippen molar-refractivity contribution in [1.29, 1.82) is 0 Å². The number of para-hydroxylation sites is 1. The van der Waals surface area contributed by atoms with E-state index < -0.39 is 0 Å². The first-order valence-electron chi connectivity index (χ1n) is 21.2. The van der Waals surface area contributed by atoms with Crippen molar-refractivity contribution in [2.45, 2.75) is 57.3 Å². The van der Waals surface area contributed by atoms with Crippen molar-refractivity contribution in [2.75, 3.05) is 4.90 Å².